The van der Waals surface area contributed by atoms with Crippen molar-refractivity contribution < 1.29 is 19.1 Å². The van der Waals surface area contributed by atoms with Gasteiger partial charge in [-0.3, -0.25) is 9.59 Å². The highest BCUT2D eigenvalue weighted by Crippen LogP contribution is 2.29. The van der Waals surface area contributed by atoms with Gasteiger partial charge in [0.15, 0.2) is 5.16 Å². The number of hydrogen-bond acceptors (Lipinski definition) is 7. The van der Waals surface area contributed by atoms with Crippen molar-refractivity contribution >= 4 is 29.3 Å². The van der Waals surface area contributed by atoms with Gasteiger partial charge in [-0.1, -0.05) is 25.6 Å². The van der Waals surface area contributed by atoms with Crippen LogP contribution in [0.15, 0.2) is 23.4 Å². The molecule has 0 radical (unpaired) electrons. The molecule has 3 N–H and O–H groups in total. The van der Waals surface area contributed by atoms with E-state index in [2.05, 4.69) is 29.4 Å². The van der Waals surface area contributed by atoms with Gasteiger partial charge < -0.3 is 25.1 Å². The maximum Gasteiger partial charge on any atom is 0.234 e. The summed E-state index contributed by atoms with van der Waals surface area (Å²) in [5.74, 6) is 1.77. The van der Waals surface area contributed by atoms with Gasteiger partial charge in [0.1, 0.15) is 17.3 Å². The van der Waals surface area contributed by atoms with Crippen molar-refractivity contribution in [2.75, 3.05) is 25.3 Å². The first-order valence-electron chi connectivity index (χ1n) is 9.19. The number of ether oxygens (including phenoxy) is 2. The van der Waals surface area contributed by atoms with Gasteiger partial charge in [0.05, 0.1) is 25.7 Å². The maximum absolute atomic E-state index is 12.4. The van der Waals surface area contributed by atoms with Gasteiger partial charge in [-0.2, -0.15) is 0 Å². The number of benzene rings is 1. The highest BCUT2D eigenvalue weighted by molar-refractivity contribution is 7.99. The Hall–Kier alpha value is -2.75. The van der Waals surface area contributed by atoms with E-state index in [1.54, 1.807) is 25.3 Å². The number of thioether (sulfide) groups is 1. The summed E-state index contributed by atoms with van der Waals surface area (Å²) in [5.41, 5.74) is 5.80. The number of carbonyl (C=O) groups excluding carboxylic acids is 2. The smallest absolute Gasteiger partial charge is 0.234 e. The molecule has 0 saturated carbocycles. The van der Waals surface area contributed by atoms with Crippen LogP contribution in [0.2, 0.25) is 0 Å². The monoisotopic (exact) mass is 421 g/mol. The van der Waals surface area contributed by atoms with Crippen LogP contribution in [0.5, 0.6) is 11.5 Å². The molecule has 0 fully saturated rings. The minimum atomic E-state index is -0.383. The number of nitrogens with one attached hydrogen (secondary N) is 1. The van der Waals surface area contributed by atoms with Crippen molar-refractivity contribution in [1.82, 2.24) is 14.8 Å². The zero-order valence-electron chi connectivity index (χ0n) is 17.1. The molecule has 0 unspecified atom stereocenters. The number of aryl methyl sites for hydroxylation is 1. The number of anilines is 1. The molecule has 0 aliphatic carbocycles. The lowest BCUT2D eigenvalue weighted by atomic mass is 10.2. The molecule has 2 amide bonds. The first-order valence-corrected chi connectivity index (χ1v) is 10.2. The number of primary amides is 1. The minimum absolute atomic E-state index is 0.154. The van der Waals surface area contributed by atoms with Crippen molar-refractivity contribution in [2.45, 2.75) is 38.4 Å². The summed E-state index contributed by atoms with van der Waals surface area (Å²) in [6, 6.07) is 5.17. The Morgan fingerprint density at radius 3 is 2.62 bits per heavy atom. The molecule has 29 heavy (non-hydrogen) atoms. The van der Waals surface area contributed by atoms with Gasteiger partial charge in [-0.15, -0.1) is 10.2 Å². The molecule has 0 saturated heterocycles. The van der Waals surface area contributed by atoms with Gasteiger partial charge in [-0.25, -0.2) is 0 Å². The largest absolute Gasteiger partial charge is 0.497 e. The summed E-state index contributed by atoms with van der Waals surface area (Å²) < 4.78 is 12.4. The van der Waals surface area contributed by atoms with Gasteiger partial charge in [0.2, 0.25) is 11.8 Å². The van der Waals surface area contributed by atoms with Gasteiger partial charge in [-0.05, 0) is 18.1 Å². The van der Waals surface area contributed by atoms with E-state index >= 15 is 0 Å². The Kier molecular flexibility index (Phi) is 8.32. The number of aromatic nitrogens is 3. The van der Waals surface area contributed by atoms with Crippen LogP contribution in [0, 0.1) is 5.92 Å². The number of nitrogens with zero attached hydrogens (tertiary/aromatic N) is 3. The summed E-state index contributed by atoms with van der Waals surface area (Å²) in [6.07, 6.45) is 0.628. The summed E-state index contributed by atoms with van der Waals surface area (Å²) in [4.78, 5) is 23.5. The average molecular weight is 422 g/mol. The summed E-state index contributed by atoms with van der Waals surface area (Å²) >= 11 is 1.29. The highest BCUT2D eigenvalue weighted by Gasteiger charge is 2.16. The molecule has 1 aromatic heterocycles. The summed E-state index contributed by atoms with van der Waals surface area (Å²) in [6.45, 7) is 4.85. The second-order valence-electron chi connectivity index (χ2n) is 6.77. The number of nitrogens with two attached hydrogens (primary N) is 1. The fourth-order valence-electron chi connectivity index (χ4n) is 2.61. The van der Waals surface area contributed by atoms with Crippen LogP contribution in [-0.4, -0.2) is 46.6 Å². The second kappa shape index (κ2) is 10.7. The fraction of sp³-hybridized carbons (Fsp3) is 0.474. The van der Waals surface area contributed by atoms with Crippen LogP contribution < -0.4 is 20.5 Å². The quantitative estimate of drug-likeness (QED) is 0.533. The Morgan fingerprint density at radius 1 is 1.24 bits per heavy atom. The van der Waals surface area contributed by atoms with E-state index in [9.17, 15) is 9.59 Å². The number of methoxy groups -OCH3 is 2. The standard InChI is InChI=1S/C19H27N5O4S/c1-12(2)10-24-17(8-7-16(20)25)22-23-19(24)29-11-18(26)21-14-6-5-13(27-3)9-15(14)28-4/h5-6,9,12H,7-8,10-11H2,1-4H3,(H2,20,25)(H,21,26). The predicted octanol–water partition coefficient (Wildman–Crippen LogP) is 2.10. The lowest BCUT2D eigenvalue weighted by Gasteiger charge is -2.13. The Bertz CT molecular complexity index is 853. The molecule has 0 bridgehead atoms. The minimum Gasteiger partial charge on any atom is -0.497 e. The second-order valence-corrected chi connectivity index (χ2v) is 7.72. The van der Waals surface area contributed by atoms with Crippen molar-refractivity contribution in [3.05, 3.63) is 24.0 Å². The summed E-state index contributed by atoms with van der Waals surface area (Å²) in [7, 11) is 3.09. The first kappa shape index (κ1) is 22.5. The van der Waals surface area contributed by atoms with Crippen molar-refractivity contribution in [3.63, 3.8) is 0 Å². The Balaban J connectivity index is 2.05. The maximum atomic E-state index is 12.4. The Morgan fingerprint density at radius 2 is 2.00 bits per heavy atom. The SMILES string of the molecule is COc1ccc(NC(=O)CSc2nnc(CCC(N)=O)n2CC(C)C)c(OC)c1. The third-order valence-electron chi connectivity index (χ3n) is 3.95. The third-order valence-corrected chi connectivity index (χ3v) is 4.92. The molecule has 9 nitrogen and oxygen atoms in total. The van der Waals surface area contributed by atoms with E-state index < -0.39 is 0 Å². The average Bonchev–Trinajstić information content (AvgIpc) is 3.05. The first-order chi connectivity index (χ1) is 13.8. The summed E-state index contributed by atoms with van der Waals surface area (Å²) in [5, 5.41) is 11.8. The van der Waals surface area contributed by atoms with Crippen molar-refractivity contribution in [2.24, 2.45) is 11.7 Å². The number of carbonyl (C=O) groups is 2. The number of amides is 2. The molecule has 1 aromatic carbocycles. The topological polar surface area (TPSA) is 121 Å². The van der Waals surface area contributed by atoms with Crippen LogP contribution >= 0.6 is 11.8 Å². The zero-order chi connectivity index (χ0) is 21.4. The highest BCUT2D eigenvalue weighted by atomic mass is 32.2. The molecule has 2 rings (SSSR count). The van der Waals surface area contributed by atoms with E-state index in [0.29, 0.717) is 47.1 Å². The van der Waals surface area contributed by atoms with E-state index in [0.717, 1.165) is 0 Å². The molecular formula is C19H27N5O4S. The van der Waals surface area contributed by atoms with Crippen LogP contribution in [0.1, 0.15) is 26.1 Å². The third kappa shape index (κ3) is 6.67. The fourth-order valence-corrected chi connectivity index (χ4v) is 3.38. The van der Waals surface area contributed by atoms with Crippen LogP contribution in [0.25, 0.3) is 0 Å². The predicted molar refractivity (Wildman–Crippen MR) is 111 cm³/mol. The van der Waals surface area contributed by atoms with E-state index in [1.165, 1.54) is 18.9 Å². The van der Waals surface area contributed by atoms with Gasteiger partial charge in [0, 0.05) is 25.5 Å². The van der Waals surface area contributed by atoms with Crippen LogP contribution in [-0.2, 0) is 22.6 Å². The van der Waals surface area contributed by atoms with E-state index in [-0.39, 0.29) is 24.0 Å². The number of hydrogen-bond donors (Lipinski definition) is 2. The molecule has 0 aliphatic heterocycles. The number of rotatable bonds is 11. The molecule has 1 heterocycles. The molecular weight excluding hydrogens is 394 g/mol. The molecule has 0 atom stereocenters. The Labute approximate surface area is 174 Å². The van der Waals surface area contributed by atoms with Gasteiger partial charge >= 0.3 is 0 Å². The molecule has 0 spiro atoms. The van der Waals surface area contributed by atoms with Crippen molar-refractivity contribution in [3.8, 4) is 11.5 Å². The van der Waals surface area contributed by atoms with E-state index in [4.69, 9.17) is 15.2 Å². The molecule has 158 valence electrons. The van der Waals surface area contributed by atoms with Crippen LogP contribution in [0.4, 0.5) is 5.69 Å². The zero-order valence-corrected chi connectivity index (χ0v) is 17.9. The van der Waals surface area contributed by atoms with E-state index in [1.807, 2.05) is 4.57 Å². The normalized spacial score (nSPS) is 10.8. The van der Waals surface area contributed by atoms with Gasteiger partial charge in [0.25, 0.3) is 0 Å². The molecule has 10 heteroatoms. The van der Waals surface area contributed by atoms with Crippen LogP contribution in [0.3, 0.4) is 0 Å². The van der Waals surface area contributed by atoms with Crippen molar-refractivity contribution in [1.29, 1.82) is 0 Å². The lowest BCUT2D eigenvalue weighted by molar-refractivity contribution is -0.118. The molecule has 0 aliphatic rings. The molecule has 2 aromatic rings. The lowest BCUT2D eigenvalue weighted by Crippen LogP contribution is -2.17.